The lowest BCUT2D eigenvalue weighted by atomic mass is 10.1. The average Bonchev–Trinajstić information content (AvgIpc) is 2.61. The third kappa shape index (κ3) is 3.33. The molecule has 0 spiro atoms. The molecule has 6 nitrogen and oxygen atoms in total. The summed E-state index contributed by atoms with van der Waals surface area (Å²) >= 11 is 6.20. The van der Waals surface area contributed by atoms with E-state index in [4.69, 9.17) is 32.5 Å². The minimum atomic E-state index is -0.580. The molecule has 0 fully saturated rings. The standard InChI is InChI=1S/C17H18ClFN4O2/c1-24-16-8-14-11(7-13(16)20)17(21)23(9-22-14)10-2-3-15(12(18)6-10)25-5-4-19/h2-3,6-9,17H,4-5,20-21H2,1H3. The Morgan fingerprint density at radius 1 is 1.28 bits per heavy atom. The van der Waals surface area contributed by atoms with Crippen LogP contribution >= 0.6 is 11.6 Å². The fourth-order valence-corrected chi connectivity index (χ4v) is 2.85. The molecule has 0 aliphatic carbocycles. The molecule has 0 saturated carbocycles. The zero-order valence-electron chi connectivity index (χ0n) is 13.6. The van der Waals surface area contributed by atoms with Crippen LogP contribution < -0.4 is 25.8 Å². The molecule has 2 aromatic rings. The first kappa shape index (κ1) is 17.3. The lowest BCUT2D eigenvalue weighted by molar-refractivity contribution is 0.273. The van der Waals surface area contributed by atoms with Crippen LogP contribution in [0.4, 0.5) is 21.5 Å². The van der Waals surface area contributed by atoms with Crippen LogP contribution in [0.2, 0.25) is 5.02 Å². The van der Waals surface area contributed by atoms with E-state index in [9.17, 15) is 4.39 Å². The van der Waals surface area contributed by atoms with Crippen molar-refractivity contribution in [3.05, 3.63) is 40.9 Å². The van der Waals surface area contributed by atoms with Crippen LogP contribution in [-0.2, 0) is 0 Å². The largest absolute Gasteiger partial charge is 0.495 e. The number of aliphatic imine (C=N–C) groups is 1. The molecule has 3 rings (SSSR count). The van der Waals surface area contributed by atoms with Crippen LogP contribution in [0.25, 0.3) is 0 Å². The second-order valence-electron chi connectivity index (χ2n) is 5.40. The molecule has 2 aromatic carbocycles. The first-order chi connectivity index (χ1) is 12.0. The fraction of sp³-hybridized carbons (Fsp3) is 0.235. The first-order valence-corrected chi connectivity index (χ1v) is 7.96. The van der Waals surface area contributed by atoms with Gasteiger partial charge in [0.15, 0.2) is 0 Å². The van der Waals surface area contributed by atoms with Gasteiger partial charge in [0.25, 0.3) is 0 Å². The zero-order chi connectivity index (χ0) is 18.0. The number of anilines is 2. The van der Waals surface area contributed by atoms with Crippen molar-refractivity contribution >= 4 is 35.0 Å². The molecule has 4 N–H and O–H groups in total. The summed E-state index contributed by atoms with van der Waals surface area (Å²) in [5.74, 6) is 0.967. The van der Waals surface area contributed by atoms with Crippen molar-refractivity contribution in [2.24, 2.45) is 10.7 Å². The van der Waals surface area contributed by atoms with E-state index in [1.807, 2.05) is 0 Å². The molecule has 132 valence electrons. The van der Waals surface area contributed by atoms with Crippen LogP contribution in [0.3, 0.4) is 0 Å². The number of methoxy groups -OCH3 is 1. The van der Waals surface area contributed by atoms with Gasteiger partial charge in [-0.1, -0.05) is 11.6 Å². The van der Waals surface area contributed by atoms with E-state index in [1.54, 1.807) is 48.7 Å². The van der Waals surface area contributed by atoms with E-state index in [1.165, 1.54) is 0 Å². The molecule has 0 saturated heterocycles. The van der Waals surface area contributed by atoms with Crippen molar-refractivity contribution in [2.45, 2.75) is 6.17 Å². The molecule has 25 heavy (non-hydrogen) atoms. The van der Waals surface area contributed by atoms with Gasteiger partial charge in [0, 0.05) is 17.3 Å². The fourth-order valence-electron chi connectivity index (χ4n) is 2.62. The molecule has 0 bridgehead atoms. The van der Waals surface area contributed by atoms with Gasteiger partial charge in [-0.05, 0) is 24.3 Å². The maximum atomic E-state index is 12.2. The van der Waals surface area contributed by atoms with E-state index < -0.39 is 12.8 Å². The Bertz CT molecular complexity index is 815. The number of hydrogen-bond acceptors (Lipinski definition) is 6. The number of alkyl halides is 1. The van der Waals surface area contributed by atoms with Crippen molar-refractivity contribution in [1.29, 1.82) is 0 Å². The average molecular weight is 365 g/mol. The van der Waals surface area contributed by atoms with Gasteiger partial charge in [-0.3, -0.25) is 0 Å². The predicted octanol–water partition coefficient (Wildman–Crippen LogP) is 3.42. The van der Waals surface area contributed by atoms with Gasteiger partial charge < -0.3 is 25.8 Å². The number of halogens is 2. The smallest absolute Gasteiger partial charge is 0.143 e. The molecule has 0 radical (unpaired) electrons. The van der Waals surface area contributed by atoms with Crippen molar-refractivity contribution in [1.82, 2.24) is 0 Å². The van der Waals surface area contributed by atoms with Crippen LogP contribution in [0.1, 0.15) is 11.7 Å². The van der Waals surface area contributed by atoms with Crippen LogP contribution in [0.15, 0.2) is 35.3 Å². The molecular formula is C17H18ClFN4O2. The van der Waals surface area contributed by atoms with Gasteiger partial charge in [0.05, 0.1) is 29.8 Å². The summed E-state index contributed by atoms with van der Waals surface area (Å²) < 4.78 is 22.7. The summed E-state index contributed by atoms with van der Waals surface area (Å²) in [6, 6.07) is 8.65. The SMILES string of the molecule is COc1cc2c(cc1N)C(N)N(c1ccc(OCCF)c(Cl)c1)C=N2. The Balaban J connectivity index is 1.91. The van der Waals surface area contributed by atoms with E-state index in [2.05, 4.69) is 4.99 Å². The van der Waals surface area contributed by atoms with Crippen molar-refractivity contribution in [2.75, 3.05) is 31.0 Å². The topological polar surface area (TPSA) is 86.1 Å². The highest BCUT2D eigenvalue weighted by Gasteiger charge is 2.24. The zero-order valence-corrected chi connectivity index (χ0v) is 14.3. The van der Waals surface area contributed by atoms with E-state index in [0.717, 1.165) is 11.3 Å². The van der Waals surface area contributed by atoms with Gasteiger partial charge in [-0.15, -0.1) is 0 Å². The summed E-state index contributed by atoms with van der Waals surface area (Å²) in [4.78, 5) is 6.18. The second-order valence-corrected chi connectivity index (χ2v) is 5.81. The highest BCUT2D eigenvalue weighted by Crippen LogP contribution is 2.39. The van der Waals surface area contributed by atoms with E-state index in [0.29, 0.717) is 27.9 Å². The molecule has 1 atom stereocenters. The predicted molar refractivity (Wildman–Crippen MR) is 97.9 cm³/mol. The first-order valence-electron chi connectivity index (χ1n) is 7.59. The van der Waals surface area contributed by atoms with Crippen LogP contribution in [0, 0.1) is 0 Å². The van der Waals surface area contributed by atoms with Gasteiger partial charge in [-0.25, -0.2) is 9.38 Å². The van der Waals surface area contributed by atoms with Gasteiger partial charge in [0.1, 0.15) is 30.9 Å². The lowest BCUT2D eigenvalue weighted by Gasteiger charge is -2.31. The molecule has 1 unspecified atom stereocenters. The molecule has 1 aliphatic heterocycles. The lowest BCUT2D eigenvalue weighted by Crippen LogP contribution is -2.35. The van der Waals surface area contributed by atoms with Gasteiger partial charge in [0.2, 0.25) is 0 Å². The van der Waals surface area contributed by atoms with E-state index in [-0.39, 0.29) is 6.61 Å². The molecule has 0 amide bonds. The minimum Gasteiger partial charge on any atom is -0.495 e. The third-order valence-corrected chi connectivity index (χ3v) is 4.16. The van der Waals surface area contributed by atoms with E-state index >= 15 is 0 Å². The number of nitrogens with two attached hydrogens (primary N) is 2. The van der Waals surface area contributed by atoms with Crippen LogP contribution in [0.5, 0.6) is 11.5 Å². The molecule has 1 heterocycles. The number of hydrogen-bond donors (Lipinski definition) is 2. The highest BCUT2D eigenvalue weighted by molar-refractivity contribution is 6.32. The van der Waals surface area contributed by atoms with Crippen molar-refractivity contribution in [3.63, 3.8) is 0 Å². The Kier molecular flexibility index (Phi) is 4.96. The van der Waals surface area contributed by atoms with Crippen molar-refractivity contribution in [3.8, 4) is 11.5 Å². The summed E-state index contributed by atoms with van der Waals surface area (Å²) in [6.07, 6.45) is 1.13. The summed E-state index contributed by atoms with van der Waals surface area (Å²) in [6.45, 7) is -0.623. The van der Waals surface area contributed by atoms with Gasteiger partial charge in [-0.2, -0.15) is 0 Å². The molecule has 1 aliphatic rings. The number of nitrogen functional groups attached to an aromatic ring is 1. The third-order valence-electron chi connectivity index (χ3n) is 3.87. The molecular weight excluding hydrogens is 347 g/mol. The molecule has 0 aromatic heterocycles. The molecule has 8 heteroatoms. The van der Waals surface area contributed by atoms with Crippen molar-refractivity contribution < 1.29 is 13.9 Å². The Labute approximate surface area is 149 Å². The number of ether oxygens (including phenoxy) is 2. The number of benzene rings is 2. The van der Waals surface area contributed by atoms with Gasteiger partial charge >= 0.3 is 0 Å². The Morgan fingerprint density at radius 2 is 2.08 bits per heavy atom. The Hall–Kier alpha value is -2.51. The van der Waals surface area contributed by atoms with Crippen LogP contribution in [-0.4, -0.2) is 26.7 Å². The second kappa shape index (κ2) is 7.16. The quantitative estimate of drug-likeness (QED) is 0.794. The number of rotatable bonds is 5. The minimum absolute atomic E-state index is 0.0434. The highest BCUT2D eigenvalue weighted by atomic mass is 35.5. The Morgan fingerprint density at radius 3 is 2.76 bits per heavy atom. The summed E-state index contributed by atoms with van der Waals surface area (Å²) in [5, 5.41) is 0.367. The number of fused-ring (bicyclic) bond motifs is 1. The normalized spacial score (nSPS) is 15.8. The maximum Gasteiger partial charge on any atom is 0.143 e. The number of nitrogens with zero attached hydrogens (tertiary/aromatic N) is 2. The maximum absolute atomic E-state index is 12.2. The summed E-state index contributed by atoms with van der Waals surface area (Å²) in [5.41, 5.74) is 15.0. The monoisotopic (exact) mass is 364 g/mol. The summed E-state index contributed by atoms with van der Waals surface area (Å²) in [7, 11) is 1.55.